The molecule has 3 aromatic rings. The smallest absolute Gasteiger partial charge is 0.369 e. The lowest BCUT2D eigenvalue weighted by Gasteiger charge is -2.30. The van der Waals surface area contributed by atoms with Gasteiger partial charge in [0.05, 0.1) is 17.7 Å². The molecule has 0 aliphatic heterocycles. The van der Waals surface area contributed by atoms with Crippen molar-refractivity contribution in [3.63, 3.8) is 0 Å². The second kappa shape index (κ2) is 14.0. The van der Waals surface area contributed by atoms with Crippen LogP contribution in [0.15, 0.2) is 70.7 Å². The van der Waals surface area contributed by atoms with Gasteiger partial charge in [0.15, 0.2) is 0 Å². The number of fused-ring (bicyclic) bond motifs is 1. The number of benzene rings is 3. The van der Waals surface area contributed by atoms with Gasteiger partial charge in [-0.15, -0.1) is 0 Å². The molecule has 0 aliphatic carbocycles. The molecule has 0 amide bonds. The normalized spacial score (nSPS) is 13.3. The van der Waals surface area contributed by atoms with Crippen LogP contribution in [0.1, 0.15) is 43.7 Å². The van der Waals surface area contributed by atoms with Crippen molar-refractivity contribution in [3.05, 3.63) is 71.8 Å². The number of hydrogen-bond acceptors (Lipinski definition) is 8. The standard InChI is InChI=1S/C27H37N3O10P2S/c1-20(2)23-10-5-12-25-24(23)11-6-13-26(25)43(38,39)29-28-19-21-8-4-9-22(18-21)40-17-7-15-30(3)16-14-27(31,41(32,33)34)42(35,36)37/h4-6,8-13,18-20,29,31H,7,14-17H2,1-3H3,(H2,32,33,34)(H2,35,36,37)/b28-19+. The summed E-state index contributed by atoms with van der Waals surface area (Å²) in [5.74, 6) is 0.711. The van der Waals surface area contributed by atoms with E-state index in [-0.39, 0.29) is 24.0 Å². The number of hydrogen-bond donors (Lipinski definition) is 6. The number of ether oxygens (including phenoxy) is 1. The molecule has 0 unspecified atom stereocenters. The SMILES string of the molecule is CC(C)c1cccc2c(S(=O)(=O)N/N=C/c3cccc(OCCCN(C)CCC(O)(P(=O)(O)O)P(=O)(O)O)c3)cccc12. The molecule has 0 aliphatic rings. The quantitative estimate of drug-likeness (QED) is 0.0605. The van der Waals surface area contributed by atoms with Crippen LogP contribution >= 0.6 is 15.2 Å². The second-order valence-electron chi connectivity index (χ2n) is 10.4. The summed E-state index contributed by atoms with van der Waals surface area (Å²) in [5, 5.41) is 11.9. The maximum Gasteiger partial charge on any atom is 0.369 e. The summed E-state index contributed by atoms with van der Waals surface area (Å²) in [6.45, 7) is 4.48. The first-order valence-corrected chi connectivity index (χ1v) is 18.0. The van der Waals surface area contributed by atoms with Crippen molar-refractivity contribution < 1.29 is 47.0 Å². The molecule has 3 rings (SSSR count). The first-order chi connectivity index (χ1) is 20.0. The van der Waals surface area contributed by atoms with Crippen LogP contribution in [0, 0.1) is 0 Å². The van der Waals surface area contributed by atoms with Crippen molar-refractivity contribution in [2.75, 3.05) is 26.7 Å². The third-order valence-electron chi connectivity index (χ3n) is 6.79. The maximum atomic E-state index is 13.1. The van der Waals surface area contributed by atoms with Gasteiger partial charge in [-0.25, -0.2) is 4.83 Å². The Bertz CT molecular complexity index is 1630. The van der Waals surface area contributed by atoms with E-state index >= 15 is 0 Å². The van der Waals surface area contributed by atoms with E-state index in [4.69, 9.17) is 4.74 Å². The van der Waals surface area contributed by atoms with Gasteiger partial charge in [0, 0.05) is 24.9 Å². The van der Waals surface area contributed by atoms with Crippen LogP contribution in [0.5, 0.6) is 5.75 Å². The minimum absolute atomic E-state index is 0.125. The molecule has 0 fully saturated rings. The van der Waals surface area contributed by atoms with Gasteiger partial charge in [-0.3, -0.25) is 9.13 Å². The van der Waals surface area contributed by atoms with Crippen LogP contribution in [-0.4, -0.2) is 76.0 Å². The first kappa shape index (κ1) is 34.8. The molecule has 16 heteroatoms. The van der Waals surface area contributed by atoms with Crippen molar-refractivity contribution in [1.82, 2.24) is 9.73 Å². The average molecular weight is 658 g/mol. The Kier molecular flexibility index (Phi) is 11.3. The van der Waals surface area contributed by atoms with E-state index < -0.39 is 36.7 Å². The summed E-state index contributed by atoms with van der Waals surface area (Å²) in [5.41, 5.74) is 1.62. The molecule has 0 saturated heterocycles. The van der Waals surface area contributed by atoms with Crippen molar-refractivity contribution in [3.8, 4) is 5.75 Å². The Morgan fingerprint density at radius 2 is 1.60 bits per heavy atom. The third-order valence-corrected chi connectivity index (χ3v) is 11.9. The van der Waals surface area contributed by atoms with Crippen molar-refractivity contribution in [1.29, 1.82) is 0 Å². The summed E-state index contributed by atoms with van der Waals surface area (Å²) in [6.07, 6.45) is 0.970. The summed E-state index contributed by atoms with van der Waals surface area (Å²) in [4.78, 5) is 40.9. The second-order valence-corrected chi connectivity index (χ2v) is 16.0. The van der Waals surface area contributed by atoms with Gasteiger partial charge in [-0.05, 0) is 54.1 Å². The maximum absolute atomic E-state index is 13.1. The topological polar surface area (TPSA) is 206 Å². The molecule has 3 aromatic carbocycles. The Hall–Kier alpha value is -2.64. The van der Waals surface area contributed by atoms with Gasteiger partial charge in [0.2, 0.25) is 0 Å². The van der Waals surface area contributed by atoms with Gasteiger partial charge in [0.25, 0.3) is 15.1 Å². The molecule has 236 valence electrons. The minimum atomic E-state index is -5.50. The molecule has 0 aromatic heterocycles. The predicted molar refractivity (Wildman–Crippen MR) is 164 cm³/mol. The molecular weight excluding hydrogens is 620 g/mol. The molecule has 0 bridgehead atoms. The van der Waals surface area contributed by atoms with E-state index in [1.807, 2.05) is 32.0 Å². The minimum Gasteiger partial charge on any atom is -0.494 e. The predicted octanol–water partition coefficient (Wildman–Crippen LogP) is 3.37. The van der Waals surface area contributed by atoms with Crippen LogP contribution in [0.4, 0.5) is 0 Å². The number of aliphatic hydroxyl groups is 1. The Morgan fingerprint density at radius 1 is 0.977 bits per heavy atom. The van der Waals surface area contributed by atoms with E-state index in [9.17, 15) is 42.2 Å². The highest BCUT2D eigenvalue weighted by Crippen LogP contribution is 2.68. The monoisotopic (exact) mass is 657 g/mol. The lowest BCUT2D eigenvalue weighted by Crippen LogP contribution is -2.34. The number of sulfonamides is 1. The number of nitrogens with zero attached hydrogens (tertiary/aromatic N) is 2. The molecule has 43 heavy (non-hydrogen) atoms. The zero-order chi connectivity index (χ0) is 32.1. The van der Waals surface area contributed by atoms with Crippen molar-refractivity contribution >= 4 is 42.2 Å². The highest BCUT2D eigenvalue weighted by Gasteiger charge is 2.58. The number of hydrazone groups is 1. The van der Waals surface area contributed by atoms with Crippen molar-refractivity contribution in [2.24, 2.45) is 5.10 Å². The van der Waals surface area contributed by atoms with Crippen LogP contribution in [0.3, 0.4) is 0 Å². The zero-order valence-electron chi connectivity index (χ0n) is 23.9. The van der Waals surface area contributed by atoms with Crippen LogP contribution in [-0.2, 0) is 19.2 Å². The summed E-state index contributed by atoms with van der Waals surface area (Å²) in [7, 11) is -13.4. The zero-order valence-corrected chi connectivity index (χ0v) is 26.5. The van der Waals surface area contributed by atoms with Gasteiger partial charge in [-0.1, -0.05) is 56.3 Å². The average Bonchev–Trinajstić information content (AvgIpc) is 2.92. The molecule has 13 nitrogen and oxygen atoms in total. The molecule has 0 radical (unpaired) electrons. The van der Waals surface area contributed by atoms with Gasteiger partial charge >= 0.3 is 15.2 Å². The third kappa shape index (κ3) is 8.72. The fourth-order valence-corrected chi connectivity index (χ4v) is 7.54. The van der Waals surface area contributed by atoms with Gasteiger partial charge in [-0.2, -0.15) is 13.5 Å². The molecule has 0 atom stereocenters. The summed E-state index contributed by atoms with van der Waals surface area (Å²) < 4.78 is 54.8. The van der Waals surface area contributed by atoms with E-state index in [1.54, 1.807) is 48.3 Å². The molecule has 6 N–H and O–H groups in total. The first-order valence-electron chi connectivity index (χ1n) is 13.3. The summed E-state index contributed by atoms with van der Waals surface area (Å²) in [6, 6.07) is 17.5. The highest BCUT2D eigenvalue weighted by molar-refractivity contribution is 7.89. The van der Waals surface area contributed by atoms with E-state index in [0.29, 0.717) is 29.7 Å². The van der Waals surface area contributed by atoms with Gasteiger partial charge < -0.3 is 34.3 Å². The lowest BCUT2D eigenvalue weighted by atomic mass is 9.96. The Labute approximate surface area is 250 Å². The van der Waals surface area contributed by atoms with Crippen molar-refractivity contribution in [2.45, 2.75) is 42.6 Å². The number of rotatable bonds is 15. The van der Waals surface area contributed by atoms with E-state index in [2.05, 4.69) is 9.93 Å². The molecule has 0 heterocycles. The van der Waals surface area contributed by atoms with Crippen LogP contribution in [0.2, 0.25) is 0 Å². The fourth-order valence-electron chi connectivity index (χ4n) is 4.39. The Balaban J connectivity index is 1.55. The number of nitrogens with one attached hydrogen (secondary N) is 1. The Morgan fingerprint density at radius 3 is 2.26 bits per heavy atom. The van der Waals surface area contributed by atoms with Crippen LogP contribution < -0.4 is 9.57 Å². The largest absolute Gasteiger partial charge is 0.494 e. The molecular formula is C27H37N3O10P2S. The van der Waals surface area contributed by atoms with E-state index in [1.165, 1.54) is 12.3 Å². The lowest BCUT2D eigenvalue weighted by molar-refractivity contribution is 0.111. The van der Waals surface area contributed by atoms with E-state index in [0.717, 1.165) is 10.9 Å². The fraction of sp³-hybridized carbons (Fsp3) is 0.370. The summed E-state index contributed by atoms with van der Waals surface area (Å²) >= 11 is 0. The molecule has 0 spiro atoms. The van der Waals surface area contributed by atoms with Gasteiger partial charge in [0.1, 0.15) is 5.75 Å². The highest BCUT2D eigenvalue weighted by atomic mass is 32.2. The van der Waals surface area contributed by atoms with Crippen LogP contribution in [0.25, 0.3) is 10.8 Å². The molecule has 0 saturated carbocycles.